The first kappa shape index (κ1) is 20.8. The van der Waals surface area contributed by atoms with E-state index < -0.39 is 6.10 Å². The van der Waals surface area contributed by atoms with E-state index in [1.54, 1.807) is 11.8 Å². The summed E-state index contributed by atoms with van der Waals surface area (Å²) in [5, 5.41) is 0. The summed E-state index contributed by atoms with van der Waals surface area (Å²) in [6, 6.07) is 16.6. The Hall–Kier alpha value is -2.47. The Balaban J connectivity index is 1.22. The third-order valence-corrected chi connectivity index (χ3v) is 6.76. The van der Waals surface area contributed by atoms with Crippen LogP contribution in [0.15, 0.2) is 53.4 Å². The number of piperazine rings is 1. The average molecular weight is 425 g/mol. The molecule has 1 heterocycles. The fraction of sp³-hybridized carbons (Fsp3) is 0.417. The monoisotopic (exact) mass is 424 g/mol. The maximum atomic E-state index is 12.7. The zero-order valence-electron chi connectivity index (χ0n) is 17.4. The Morgan fingerprint density at radius 2 is 1.73 bits per heavy atom. The molecule has 1 fully saturated rings. The Bertz CT molecular complexity index is 895. The molecule has 4 rings (SSSR count). The van der Waals surface area contributed by atoms with Crippen LogP contribution in [0.4, 0.5) is 5.69 Å². The van der Waals surface area contributed by atoms with Crippen molar-refractivity contribution in [3.63, 3.8) is 0 Å². The quantitative estimate of drug-likeness (QED) is 0.524. The maximum absolute atomic E-state index is 12.7. The van der Waals surface area contributed by atoms with Gasteiger partial charge in [-0.2, -0.15) is 0 Å². The van der Waals surface area contributed by atoms with Gasteiger partial charge in [-0.05, 0) is 61.6 Å². The molecule has 5 nitrogen and oxygen atoms in total. The van der Waals surface area contributed by atoms with E-state index in [0.717, 1.165) is 30.8 Å². The molecule has 1 aliphatic heterocycles. The van der Waals surface area contributed by atoms with Gasteiger partial charge in [-0.25, -0.2) is 0 Å². The van der Waals surface area contributed by atoms with Crippen LogP contribution in [0.2, 0.25) is 0 Å². The first-order chi connectivity index (χ1) is 14.6. The molecule has 1 atom stereocenters. The molecule has 2 aromatic carbocycles. The Labute approximate surface area is 182 Å². The highest BCUT2D eigenvalue weighted by atomic mass is 32.2. The van der Waals surface area contributed by atoms with Gasteiger partial charge in [0.25, 0.3) is 5.91 Å². The van der Waals surface area contributed by atoms with Crippen LogP contribution in [0.1, 0.15) is 24.5 Å². The minimum atomic E-state index is -0.749. The number of benzene rings is 2. The van der Waals surface area contributed by atoms with Gasteiger partial charge < -0.3 is 14.5 Å². The van der Waals surface area contributed by atoms with Gasteiger partial charge in [0.1, 0.15) is 0 Å². The van der Waals surface area contributed by atoms with Gasteiger partial charge in [-0.1, -0.05) is 24.3 Å². The van der Waals surface area contributed by atoms with E-state index >= 15 is 0 Å². The number of anilines is 1. The van der Waals surface area contributed by atoms with Gasteiger partial charge in [0.2, 0.25) is 0 Å². The van der Waals surface area contributed by atoms with Crippen LogP contribution in [0.25, 0.3) is 0 Å². The van der Waals surface area contributed by atoms with Gasteiger partial charge in [0, 0.05) is 36.8 Å². The number of ether oxygens (including phenoxy) is 1. The first-order valence-corrected chi connectivity index (χ1v) is 11.6. The van der Waals surface area contributed by atoms with E-state index in [0.29, 0.717) is 13.1 Å². The average Bonchev–Trinajstić information content (AvgIpc) is 3.26. The van der Waals surface area contributed by atoms with Crippen LogP contribution < -0.4 is 4.90 Å². The van der Waals surface area contributed by atoms with E-state index in [4.69, 9.17) is 4.74 Å². The van der Waals surface area contributed by atoms with E-state index in [-0.39, 0.29) is 17.6 Å². The molecule has 0 radical (unpaired) electrons. The zero-order valence-corrected chi connectivity index (χ0v) is 18.2. The lowest BCUT2D eigenvalue weighted by atomic mass is 10.1. The lowest BCUT2D eigenvalue weighted by molar-refractivity contribution is -0.157. The predicted octanol–water partition coefficient (Wildman–Crippen LogP) is 3.55. The normalized spacial score (nSPS) is 16.8. The summed E-state index contributed by atoms with van der Waals surface area (Å²) in [6.45, 7) is 4.51. The number of para-hydroxylation sites is 1. The molecule has 0 aromatic heterocycles. The van der Waals surface area contributed by atoms with Gasteiger partial charge in [-0.15, -0.1) is 11.8 Å². The second-order valence-corrected chi connectivity index (χ2v) is 8.90. The second kappa shape index (κ2) is 9.56. The SMILES string of the molecule is C[C@H](OC(=O)CSc1ccc2c(c1)CCC2)C(=O)N1CCN(c2ccccc2)CC1. The minimum absolute atomic E-state index is 0.112. The molecule has 0 spiro atoms. The van der Waals surface area contributed by atoms with Crippen molar-refractivity contribution < 1.29 is 14.3 Å². The predicted molar refractivity (Wildman–Crippen MR) is 120 cm³/mol. The summed E-state index contributed by atoms with van der Waals surface area (Å²) in [5.41, 5.74) is 3.99. The van der Waals surface area contributed by atoms with Gasteiger partial charge in [0.05, 0.1) is 5.75 Å². The van der Waals surface area contributed by atoms with Crippen molar-refractivity contribution in [3.05, 3.63) is 59.7 Å². The fourth-order valence-electron chi connectivity index (χ4n) is 4.14. The topological polar surface area (TPSA) is 49.9 Å². The van der Waals surface area contributed by atoms with Crippen molar-refractivity contribution in [3.8, 4) is 0 Å². The lowest BCUT2D eigenvalue weighted by Gasteiger charge is -2.37. The molecule has 1 aliphatic carbocycles. The van der Waals surface area contributed by atoms with E-state index in [1.807, 2.05) is 18.2 Å². The smallest absolute Gasteiger partial charge is 0.317 e. The molecule has 6 heteroatoms. The van der Waals surface area contributed by atoms with Crippen LogP contribution in [0.3, 0.4) is 0 Å². The third-order valence-electron chi connectivity index (χ3n) is 5.80. The molecule has 0 N–H and O–H groups in total. The molecule has 30 heavy (non-hydrogen) atoms. The number of nitrogens with zero attached hydrogens (tertiary/aromatic N) is 2. The number of hydrogen-bond donors (Lipinski definition) is 0. The Kier molecular flexibility index (Phi) is 6.62. The highest BCUT2D eigenvalue weighted by Gasteiger charge is 2.27. The van der Waals surface area contributed by atoms with Crippen molar-refractivity contribution in [1.29, 1.82) is 0 Å². The molecule has 1 saturated heterocycles. The molecule has 0 bridgehead atoms. The number of aryl methyl sites for hydroxylation is 2. The fourth-order valence-corrected chi connectivity index (χ4v) is 4.89. The summed E-state index contributed by atoms with van der Waals surface area (Å²) < 4.78 is 5.43. The van der Waals surface area contributed by atoms with Crippen LogP contribution in [0.5, 0.6) is 0 Å². The van der Waals surface area contributed by atoms with Crippen molar-refractivity contribution in [2.45, 2.75) is 37.2 Å². The number of amides is 1. The van der Waals surface area contributed by atoms with E-state index in [9.17, 15) is 9.59 Å². The van der Waals surface area contributed by atoms with E-state index in [2.05, 4.69) is 35.2 Å². The third kappa shape index (κ3) is 4.98. The number of hydrogen-bond acceptors (Lipinski definition) is 5. The number of rotatable bonds is 6. The van der Waals surface area contributed by atoms with Gasteiger partial charge in [0.15, 0.2) is 6.10 Å². The van der Waals surface area contributed by atoms with Gasteiger partial charge >= 0.3 is 5.97 Å². The molecular formula is C24H28N2O3S. The highest BCUT2D eigenvalue weighted by Crippen LogP contribution is 2.27. The number of carbonyl (C=O) groups is 2. The number of thioether (sulfide) groups is 1. The molecule has 2 aliphatic rings. The summed E-state index contributed by atoms with van der Waals surface area (Å²) >= 11 is 1.48. The molecule has 1 amide bonds. The largest absolute Gasteiger partial charge is 0.452 e. The number of fused-ring (bicyclic) bond motifs is 1. The summed E-state index contributed by atoms with van der Waals surface area (Å²) in [7, 11) is 0. The number of carbonyl (C=O) groups excluding carboxylic acids is 2. The first-order valence-electron chi connectivity index (χ1n) is 10.6. The van der Waals surface area contributed by atoms with Gasteiger partial charge in [-0.3, -0.25) is 9.59 Å². The Morgan fingerprint density at radius 3 is 2.50 bits per heavy atom. The van der Waals surface area contributed by atoms with Crippen molar-refractivity contribution in [1.82, 2.24) is 4.90 Å². The second-order valence-electron chi connectivity index (χ2n) is 7.85. The van der Waals surface area contributed by atoms with Crippen LogP contribution >= 0.6 is 11.8 Å². The molecule has 0 unspecified atom stereocenters. The summed E-state index contributed by atoms with van der Waals surface area (Å²) in [4.78, 5) is 30.1. The summed E-state index contributed by atoms with van der Waals surface area (Å²) in [5.74, 6) is -0.235. The minimum Gasteiger partial charge on any atom is -0.452 e. The molecule has 158 valence electrons. The van der Waals surface area contributed by atoms with Crippen molar-refractivity contribution >= 4 is 29.3 Å². The Morgan fingerprint density at radius 1 is 1.00 bits per heavy atom. The maximum Gasteiger partial charge on any atom is 0.317 e. The van der Waals surface area contributed by atoms with Crippen LogP contribution in [-0.4, -0.2) is 54.8 Å². The summed E-state index contributed by atoms with van der Waals surface area (Å²) in [6.07, 6.45) is 2.74. The van der Waals surface area contributed by atoms with Crippen molar-refractivity contribution in [2.24, 2.45) is 0 Å². The molecule has 0 saturated carbocycles. The highest BCUT2D eigenvalue weighted by molar-refractivity contribution is 8.00. The standard InChI is InChI=1S/C24H28N2O3S/c1-18(24(28)26-14-12-25(13-15-26)21-8-3-2-4-9-21)29-23(27)17-30-22-11-10-19-6-5-7-20(19)16-22/h2-4,8-11,16,18H,5-7,12-15,17H2,1H3/t18-/m0/s1. The molecule has 2 aromatic rings. The zero-order chi connectivity index (χ0) is 20.9. The van der Waals surface area contributed by atoms with Crippen LogP contribution in [0, 0.1) is 0 Å². The van der Waals surface area contributed by atoms with Crippen molar-refractivity contribution in [2.75, 3.05) is 36.8 Å². The molecular weight excluding hydrogens is 396 g/mol. The van der Waals surface area contributed by atoms with Crippen LogP contribution in [-0.2, 0) is 27.2 Å². The number of esters is 1. The lowest BCUT2D eigenvalue weighted by Crippen LogP contribution is -2.51. The van der Waals surface area contributed by atoms with E-state index in [1.165, 1.54) is 35.0 Å².